The number of anilines is 1. The van der Waals surface area contributed by atoms with Crippen LogP contribution in [-0.2, 0) is 4.79 Å². The Balaban J connectivity index is 1.47. The molecule has 1 aliphatic heterocycles. The zero-order chi connectivity index (χ0) is 26.1. The molecule has 0 saturated heterocycles. The monoisotopic (exact) mass is 504 g/mol. The summed E-state index contributed by atoms with van der Waals surface area (Å²) < 4.78 is 39.8. The SMILES string of the molecule is COc1ccc(Oc2ccc(N3C=CN(CCNC(=O)[C@H](N)CCCN=C(N)N)C3)c(F)c2F)nc1. The third kappa shape index (κ3) is 7.18. The van der Waals surface area contributed by atoms with Crippen molar-refractivity contribution in [3.05, 3.63) is 54.5 Å². The number of carbonyl (C=O) groups is 1. The summed E-state index contributed by atoms with van der Waals surface area (Å²) in [6.45, 7) is 1.46. The van der Waals surface area contributed by atoms with Crippen molar-refractivity contribution < 1.29 is 23.0 Å². The first-order chi connectivity index (χ1) is 17.3. The maximum absolute atomic E-state index is 14.8. The van der Waals surface area contributed by atoms with Crippen molar-refractivity contribution in [1.29, 1.82) is 0 Å². The minimum Gasteiger partial charge on any atom is -0.495 e. The van der Waals surface area contributed by atoms with Crippen molar-refractivity contribution in [1.82, 2.24) is 15.2 Å². The van der Waals surface area contributed by atoms with Crippen molar-refractivity contribution in [2.24, 2.45) is 22.2 Å². The predicted molar refractivity (Wildman–Crippen MR) is 131 cm³/mol. The topological polar surface area (TPSA) is 157 Å². The number of carbonyl (C=O) groups excluding carboxylic acids is 1. The van der Waals surface area contributed by atoms with Gasteiger partial charge in [0.05, 0.1) is 31.7 Å². The van der Waals surface area contributed by atoms with Gasteiger partial charge in [-0.15, -0.1) is 0 Å². The van der Waals surface area contributed by atoms with Crippen LogP contribution >= 0.6 is 0 Å². The molecular formula is C23H30F2N8O3. The standard InChI is InChI=1S/C23H30F2N8O3/c1-35-15-4-7-19(31-13-15)36-18-6-5-17(20(24)21(18)25)33-12-11-32(14-33)10-9-29-22(34)16(26)3-2-8-30-23(27)28/h4-7,11-13,16H,2-3,8-10,14,26H2,1H3,(H,29,34)(H4,27,28,30)/t16-/m1/s1. The number of nitrogens with two attached hydrogens (primary N) is 3. The summed E-state index contributed by atoms with van der Waals surface area (Å²) in [5.41, 5.74) is 16.4. The molecule has 36 heavy (non-hydrogen) atoms. The van der Waals surface area contributed by atoms with Crippen molar-refractivity contribution in [3.8, 4) is 17.4 Å². The first-order valence-electron chi connectivity index (χ1n) is 11.2. The highest BCUT2D eigenvalue weighted by Gasteiger charge is 2.22. The zero-order valence-electron chi connectivity index (χ0n) is 19.9. The lowest BCUT2D eigenvalue weighted by molar-refractivity contribution is -0.122. The lowest BCUT2D eigenvalue weighted by Gasteiger charge is -2.22. The van der Waals surface area contributed by atoms with Gasteiger partial charge in [0, 0.05) is 38.1 Å². The fraction of sp³-hybridized carbons (Fsp3) is 0.348. The number of nitrogens with zero attached hydrogens (tertiary/aromatic N) is 4. The molecule has 1 aromatic carbocycles. The number of halogens is 2. The number of methoxy groups -OCH3 is 1. The molecule has 11 nitrogen and oxygen atoms in total. The lowest BCUT2D eigenvalue weighted by atomic mass is 10.1. The quantitative estimate of drug-likeness (QED) is 0.189. The molecule has 7 N–H and O–H groups in total. The van der Waals surface area contributed by atoms with E-state index in [2.05, 4.69) is 15.3 Å². The van der Waals surface area contributed by atoms with Crippen molar-refractivity contribution in [2.45, 2.75) is 18.9 Å². The number of pyridine rings is 1. The Morgan fingerprint density at radius 3 is 2.72 bits per heavy atom. The summed E-state index contributed by atoms with van der Waals surface area (Å²) in [4.78, 5) is 23.3. The number of hydrogen-bond donors (Lipinski definition) is 4. The van der Waals surface area contributed by atoms with E-state index in [4.69, 9.17) is 26.7 Å². The minimum absolute atomic E-state index is 0.00140. The summed E-state index contributed by atoms with van der Waals surface area (Å²) in [5, 5.41) is 2.76. The maximum atomic E-state index is 14.8. The smallest absolute Gasteiger partial charge is 0.236 e. The highest BCUT2D eigenvalue weighted by molar-refractivity contribution is 5.81. The summed E-state index contributed by atoms with van der Waals surface area (Å²) in [6.07, 6.45) is 5.79. The Morgan fingerprint density at radius 2 is 2.03 bits per heavy atom. The number of hydrogen-bond acceptors (Lipinski definition) is 8. The Morgan fingerprint density at radius 1 is 1.22 bits per heavy atom. The van der Waals surface area contributed by atoms with Crippen LogP contribution < -0.4 is 36.9 Å². The number of rotatable bonds is 12. The second-order valence-corrected chi connectivity index (χ2v) is 7.92. The molecule has 1 amide bonds. The number of benzene rings is 1. The van der Waals surface area contributed by atoms with Crippen LogP contribution in [0, 0.1) is 11.6 Å². The normalized spacial score (nSPS) is 13.4. The van der Waals surface area contributed by atoms with Crippen LogP contribution in [0.25, 0.3) is 0 Å². The molecule has 1 aromatic heterocycles. The van der Waals surface area contributed by atoms with E-state index < -0.39 is 17.7 Å². The van der Waals surface area contributed by atoms with Crippen LogP contribution in [0.4, 0.5) is 14.5 Å². The molecule has 13 heteroatoms. The fourth-order valence-corrected chi connectivity index (χ4v) is 3.35. The molecule has 3 rings (SSSR count). The lowest BCUT2D eigenvalue weighted by Crippen LogP contribution is -2.43. The van der Waals surface area contributed by atoms with Crippen molar-refractivity contribution in [2.75, 3.05) is 38.3 Å². The second-order valence-electron chi connectivity index (χ2n) is 7.92. The largest absolute Gasteiger partial charge is 0.495 e. The zero-order valence-corrected chi connectivity index (χ0v) is 19.9. The Hall–Kier alpha value is -4.13. The van der Waals surface area contributed by atoms with E-state index in [1.54, 1.807) is 23.4 Å². The third-order valence-corrected chi connectivity index (χ3v) is 5.29. The van der Waals surface area contributed by atoms with E-state index in [0.29, 0.717) is 38.2 Å². The Kier molecular flexibility index (Phi) is 9.22. The molecule has 2 heterocycles. The molecule has 1 aliphatic rings. The van der Waals surface area contributed by atoms with Gasteiger partial charge in [-0.3, -0.25) is 9.79 Å². The van der Waals surface area contributed by atoms with Crippen LogP contribution in [0.2, 0.25) is 0 Å². The van der Waals surface area contributed by atoms with Gasteiger partial charge >= 0.3 is 0 Å². The van der Waals surface area contributed by atoms with Gasteiger partial charge in [0.15, 0.2) is 17.5 Å². The van der Waals surface area contributed by atoms with E-state index >= 15 is 0 Å². The second kappa shape index (κ2) is 12.5. The highest BCUT2D eigenvalue weighted by atomic mass is 19.2. The van der Waals surface area contributed by atoms with Gasteiger partial charge in [-0.1, -0.05) is 0 Å². The molecule has 0 radical (unpaired) electrons. The van der Waals surface area contributed by atoms with Gasteiger partial charge < -0.3 is 41.8 Å². The minimum atomic E-state index is -1.13. The predicted octanol–water partition coefficient (Wildman–Crippen LogP) is 1.21. The molecule has 0 unspecified atom stereocenters. The highest BCUT2D eigenvalue weighted by Crippen LogP contribution is 2.32. The average molecular weight is 505 g/mol. The number of amides is 1. The molecule has 0 fully saturated rings. The van der Waals surface area contributed by atoms with Crippen LogP contribution in [-0.4, -0.2) is 61.2 Å². The molecule has 0 bridgehead atoms. The number of aromatic nitrogens is 1. The van der Waals surface area contributed by atoms with Gasteiger partial charge in [0.1, 0.15) is 5.75 Å². The number of guanidine groups is 1. The van der Waals surface area contributed by atoms with Crippen LogP contribution in [0.1, 0.15) is 12.8 Å². The van der Waals surface area contributed by atoms with Crippen molar-refractivity contribution in [3.63, 3.8) is 0 Å². The Labute approximate surface area is 207 Å². The molecule has 0 aliphatic carbocycles. The average Bonchev–Trinajstić information content (AvgIpc) is 3.33. The Bertz CT molecular complexity index is 1090. The molecule has 0 spiro atoms. The van der Waals surface area contributed by atoms with Gasteiger partial charge in [-0.05, 0) is 31.0 Å². The van der Waals surface area contributed by atoms with Gasteiger partial charge in [0.2, 0.25) is 17.6 Å². The summed E-state index contributed by atoms with van der Waals surface area (Å²) in [7, 11) is 1.49. The molecule has 0 saturated carbocycles. The molecule has 194 valence electrons. The number of ether oxygens (including phenoxy) is 2. The van der Waals surface area contributed by atoms with Crippen LogP contribution in [0.3, 0.4) is 0 Å². The van der Waals surface area contributed by atoms with Gasteiger partial charge in [0.25, 0.3) is 0 Å². The van der Waals surface area contributed by atoms with Crippen molar-refractivity contribution >= 4 is 17.6 Å². The molecule has 2 aromatic rings. The summed E-state index contributed by atoms with van der Waals surface area (Å²) in [5.74, 6) is -2.13. The third-order valence-electron chi connectivity index (χ3n) is 5.29. The van der Waals surface area contributed by atoms with Gasteiger partial charge in [-0.2, -0.15) is 4.39 Å². The van der Waals surface area contributed by atoms with Crippen LogP contribution in [0.15, 0.2) is 47.9 Å². The fourth-order valence-electron chi connectivity index (χ4n) is 3.35. The number of nitrogens with one attached hydrogen (secondary N) is 1. The van der Waals surface area contributed by atoms with Crippen LogP contribution in [0.5, 0.6) is 17.4 Å². The van der Waals surface area contributed by atoms with Gasteiger partial charge in [-0.25, -0.2) is 9.37 Å². The van der Waals surface area contributed by atoms with E-state index in [9.17, 15) is 13.6 Å². The number of aliphatic imine (C=N–C) groups is 1. The first-order valence-corrected chi connectivity index (χ1v) is 11.2. The maximum Gasteiger partial charge on any atom is 0.236 e. The van der Waals surface area contributed by atoms with E-state index in [0.717, 1.165) is 0 Å². The van der Waals surface area contributed by atoms with E-state index in [1.165, 1.54) is 31.5 Å². The summed E-state index contributed by atoms with van der Waals surface area (Å²) >= 11 is 0. The van der Waals surface area contributed by atoms with E-state index in [-0.39, 0.29) is 35.9 Å². The molecule has 1 atom stereocenters. The first kappa shape index (κ1) is 26.5. The van der Waals surface area contributed by atoms with E-state index in [1.807, 2.05) is 4.90 Å². The molecular weight excluding hydrogens is 474 g/mol. The summed E-state index contributed by atoms with van der Waals surface area (Å²) in [6, 6.07) is 5.18.